The molecular formula is C19H25N3O6S2. The smallest absolute Gasteiger partial charge is 0.241 e. The van der Waals surface area contributed by atoms with Crippen molar-refractivity contribution >= 4 is 26.0 Å². The number of methoxy groups -OCH3 is 1. The molecular weight excluding hydrogens is 430 g/mol. The molecule has 0 spiro atoms. The minimum Gasteiger partial charge on any atom is -0.497 e. The van der Waals surface area contributed by atoms with E-state index in [4.69, 9.17) is 4.74 Å². The van der Waals surface area contributed by atoms with Gasteiger partial charge in [0.05, 0.1) is 23.8 Å². The van der Waals surface area contributed by atoms with Crippen molar-refractivity contribution in [3.05, 3.63) is 59.7 Å². The molecule has 3 N–H and O–H groups in total. The van der Waals surface area contributed by atoms with Crippen LogP contribution in [0.15, 0.2) is 53.4 Å². The van der Waals surface area contributed by atoms with E-state index in [0.717, 1.165) is 5.56 Å². The van der Waals surface area contributed by atoms with Crippen molar-refractivity contribution in [2.45, 2.75) is 30.2 Å². The van der Waals surface area contributed by atoms with Gasteiger partial charge in [0.2, 0.25) is 26.0 Å². The van der Waals surface area contributed by atoms with E-state index < -0.39 is 32.0 Å². The lowest BCUT2D eigenvalue weighted by molar-refractivity contribution is -0.122. The van der Waals surface area contributed by atoms with Crippen LogP contribution in [0.5, 0.6) is 5.75 Å². The molecule has 0 aliphatic rings. The van der Waals surface area contributed by atoms with Crippen molar-refractivity contribution in [2.24, 2.45) is 0 Å². The third-order valence-electron chi connectivity index (χ3n) is 4.25. The predicted molar refractivity (Wildman–Crippen MR) is 113 cm³/mol. The van der Waals surface area contributed by atoms with Crippen molar-refractivity contribution in [3.8, 4) is 5.75 Å². The van der Waals surface area contributed by atoms with Crippen LogP contribution in [-0.4, -0.2) is 42.9 Å². The predicted octanol–water partition coefficient (Wildman–Crippen LogP) is 0.728. The van der Waals surface area contributed by atoms with Gasteiger partial charge in [0.25, 0.3) is 0 Å². The minimum absolute atomic E-state index is 0.0232. The van der Waals surface area contributed by atoms with E-state index in [2.05, 4.69) is 14.8 Å². The van der Waals surface area contributed by atoms with Crippen molar-refractivity contribution < 1.29 is 26.4 Å². The lowest BCUT2D eigenvalue weighted by Crippen LogP contribution is -2.44. The Labute approximate surface area is 176 Å². The van der Waals surface area contributed by atoms with Crippen molar-refractivity contribution in [1.82, 2.24) is 14.8 Å². The molecule has 0 radical (unpaired) electrons. The third kappa shape index (κ3) is 6.80. The van der Waals surface area contributed by atoms with Crippen LogP contribution in [0.3, 0.4) is 0 Å². The molecule has 164 valence electrons. The van der Waals surface area contributed by atoms with Crippen LogP contribution in [0.1, 0.15) is 18.1 Å². The molecule has 0 saturated heterocycles. The Morgan fingerprint density at radius 3 is 2.07 bits per heavy atom. The summed E-state index contributed by atoms with van der Waals surface area (Å²) in [4.78, 5) is 12.3. The maximum Gasteiger partial charge on any atom is 0.241 e. The molecule has 0 bridgehead atoms. The number of sulfonamides is 2. The zero-order valence-electron chi connectivity index (χ0n) is 16.9. The van der Waals surface area contributed by atoms with E-state index in [-0.39, 0.29) is 17.2 Å². The average molecular weight is 456 g/mol. The maximum atomic E-state index is 12.4. The van der Waals surface area contributed by atoms with Gasteiger partial charge in [-0.1, -0.05) is 24.3 Å². The number of amides is 1. The molecule has 0 saturated carbocycles. The SMILES string of the molecule is CNS(=O)(=O)Cc1ccc(CNC(=O)[C@H](C)NS(=O)(=O)c2ccc(OC)cc2)cc1. The molecule has 0 fully saturated rings. The summed E-state index contributed by atoms with van der Waals surface area (Å²) in [7, 11) is -4.40. The topological polar surface area (TPSA) is 131 Å². The Morgan fingerprint density at radius 1 is 0.967 bits per heavy atom. The molecule has 0 aliphatic carbocycles. The number of hydrogen-bond donors (Lipinski definition) is 3. The van der Waals surface area contributed by atoms with Gasteiger partial charge in [-0.15, -0.1) is 0 Å². The van der Waals surface area contributed by atoms with E-state index in [1.165, 1.54) is 45.3 Å². The maximum absolute atomic E-state index is 12.4. The quantitative estimate of drug-likeness (QED) is 0.484. The van der Waals surface area contributed by atoms with Crippen LogP contribution in [-0.2, 0) is 37.1 Å². The summed E-state index contributed by atoms with van der Waals surface area (Å²) in [5.74, 6) is -0.108. The summed E-state index contributed by atoms with van der Waals surface area (Å²) < 4.78 is 57.5. The Kier molecular flexibility index (Phi) is 7.96. The first-order chi connectivity index (χ1) is 14.1. The van der Waals surface area contributed by atoms with Gasteiger partial charge in [0, 0.05) is 6.54 Å². The van der Waals surface area contributed by atoms with Gasteiger partial charge in [-0.3, -0.25) is 4.79 Å². The molecule has 2 aromatic carbocycles. The highest BCUT2D eigenvalue weighted by Crippen LogP contribution is 2.15. The van der Waals surface area contributed by atoms with Gasteiger partial charge in [-0.2, -0.15) is 4.72 Å². The highest BCUT2D eigenvalue weighted by molar-refractivity contribution is 7.89. The summed E-state index contributed by atoms with van der Waals surface area (Å²) >= 11 is 0. The second-order valence-corrected chi connectivity index (χ2v) is 10.2. The molecule has 2 rings (SSSR count). The van der Waals surface area contributed by atoms with E-state index in [1.807, 2.05) is 0 Å². The first-order valence-corrected chi connectivity index (χ1v) is 12.1. The number of ether oxygens (including phenoxy) is 1. The van der Waals surface area contributed by atoms with E-state index >= 15 is 0 Å². The van der Waals surface area contributed by atoms with E-state index in [1.54, 1.807) is 24.3 Å². The molecule has 30 heavy (non-hydrogen) atoms. The van der Waals surface area contributed by atoms with Crippen LogP contribution in [0.2, 0.25) is 0 Å². The van der Waals surface area contributed by atoms with E-state index in [9.17, 15) is 21.6 Å². The monoisotopic (exact) mass is 455 g/mol. The minimum atomic E-state index is -3.87. The van der Waals surface area contributed by atoms with Gasteiger partial charge in [0.1, 0.15) is 5.75 Å². The Hall–Kier alpha value is -2.47. The molecule has 2 aromatic rings. The summed E-state index contributed by atoms with van der Waals surface area (Å²) in [5.41, 5.74) is 1.36. The largest absolute Gasteiger partial charge is 0.497 e. The number of benzene rings is 2. The van der Waals surface area contributed by atoms with Gasteiger partial charge in [0.15, 0.2) is 0 Å². The molecule has 11 heteroatoms. The number of rotatable bonds is 10. The fourth-order valence-corrected chi connectivity index (χ4v) is 4.47. The Bertz CT molecular complexity index is 1070. The zero-order chi connectivity index (χ0) is 22.4. The number of carbonyl (C=O) groups excluding carboxylic acids is 1. The number of nitrogens with one attached hydrogen (secondary N) is 3. The third-order valence-corrected chi connectivity index (χ3v) is 7.14. The van der Waals surface area contributed by atoms with Gasteiger partial charge in [-0.25, -0.2) is 21.6 Å². The molecule has 1 amide bonds. The number of carbonyl (C=O) groups is 1. The Balaban J connectivity index is 1.92. The second-order valence-electron chi connectivity index (χ2n) is 6.52. The van der Waals surface area contributed by atoms with Crippen LogP contribution in [0.4, 0.5) is 0 Å². The average Bonchev–Trinajstić information content (AvgIpc) is 2.72. The van der Waals surface area contributed by atoms with Gasteiger partial charge in [-0.05, 0) is 49.4 Å². The second kappa shape index (κ2) is 10.0. The molecule has 0 aliphatic heterocycles. The summed E-state index contributed by atoms with van der Waals surface area (Å²) in [6.45, 7) is 1.62. The number of hydrogen-bond acceptors (Lipinski definition) is 6. The van der Waals surface area contributed by atoms with Crippen LogP contribution in [0.25, 0.3) is 0 Å². The summed E-state index contributed by atoms with van der Waals surface area (Å²) in [6, 6.07) is 11.6. The lowest BCUT2D eigenvalue weighted by Gasteiger charge is -2.15. The van der Waals surface area contributed by atoms with Crippen molar-refractivity contribution in [2.75, 3.05) is 14.2 Å². The zero-order valence-corrected chi connectivity index (χ0v) is 18.5. The Morgan fingerprint density at radius 2 is 1.53 bits per heavy atom. The summed E-state index contributed by atoms with van der Waals surface area (Å²) in [5, 5.41) is 2.65. The molecule has 0 unspecified atom stereocenters. The standard InChI is InChI=1S/C19H25N3O6S2/c1-14(22-30(26,27)18-10-8-17(28-3)9-11-18)19(23)21-12-15-4-6-16(7-5-15)13-29(24,25)20-2/h4-11,14,20,22H,12-13H2,1-3H3,(H,21,23)/t14-/m0/s1. The fraction of sp³-hybridized carbons (Fsp3) is 0.316. The first kappa shape index (κ1) is 23.8. The van der Waals surface area contributed by atoms with Crippen molar-refractivity contribution in [1.29, 1.82) is 0 Å². The highest BCUT2D eigenvalue weighted by Gasteiger charge is 2.22. The van der Waals surface area contributed by atoms with Gasteiger partial charge < -0.3 is 10.1 Å². The first-order valence-electron chi connectivity index (χ1n) is 8.99. The lowest BCUT2D eigenvalue weighted by atomic mass is 10.1. The molecule has 9 nitrogen and oxygen atoms in total. The fourth-order valence-electron chi connectivity index (χ4n) is 2.50. The van der Waals surface area contributed by atoms with Crippen LogP contribution < -0.4 is 19.5 Å². The van der Waals surface area contributed by atoms with E-state index in [0.29, 0.717) is 11.3 Å². The van der Waals surface area contributed by atoms with Gasteiger partial charge >= 0.3 is 0 Å². The highest BCUT2D eigenvalue weighted by atomic mass is 32.2. The van der Waals surface area contributed by atoms with Crippen LogP contribution >= 0.6 is 0 Å². The van der Waals surface area contributed by atoms with Crippen molar-refractivity contribution in [3.63, 3.8) is 0 Å². The molecule has 0 heterocycles. The molecule has 0 aromatic heterocycles. The normalized spacial score (nSPS) is 12.9. The summed E-state index contributed by atoms with van der Waals surface area (Å²) in [6.07, 6.45) is 0. The van der Waals surface area contributed by atoms with Crippen LogP contribution in [0, 0.1) is 0 Å². The molecule has 1 atom stereocenters.